The van der Waals surface area contributed by atoms with Gasteiger partial charge < -0.3 is 5.32 Å². The quantitative estimate of drug-likeness (QED) is 0.813. The van der Waals surface area contributed by atoms with Crippen LogP contribution in [0.15, 0.2) is 0 Å². The summed E-state index contributed by atoms with van der Waals surface area (Å²) in [6, 6.07) is 0.916. The summed E-state index contributed by atoms with van der Waals surface area (Å²) in [5.74, 6) is 1.02. The largest absolute Gasteiger partial charge is 0.311 e. The first kappa shape index (κ1) is 13.4. The third-order valence-corrected chi connectivity index (χ3v) is 4.41. The summed E-state index contributed by atoms with van der Waals surface area (Å²) in [6.45, 7) is 10.5. The highest BCUT2D eigenvalue weighted by atomic mass is 15.2. The summed E-state index contributed by atoms with van der Waals surface area (Å²) in [6.07, 6.45) is 8.82. The van der Waals surface area contributed by atoms with Crippen LogP contribution in [0.1, 0.15) is 59.3 Å². The average molecular weight is 238 g/mol. The van der Waals surface area contributed by atoms with Crippen LogP contribution in [0.3, 0.4) is 0 Å². The molecule has 0 bridgehead atoms. The average Bonchev–Trinajstić information content (AvgIpc) is 2.28. The van der Waals surface area contributed by atoms with E-state index in [0.29, 0.717) is 0 Å². The number of rotatable bonds is 3. The number of likely N-dealkylation sites (tertiary alicyclic amines) is 1. The molecule has 17 heavy (non-hydrogen) atoms. The van der Waals surface area contributed by atoms with Gasteiger partial charge in [-0.05, 0) is 58.9 Å². The summed E-state index contributed by atoms with van der Waals surface area (Å²) >= 11 is 0. The molecular formula is C15H30N2. The molecule has 1 heterocycles. The smallest absolute Gasteiger partial charge is 0.0124 e. The van der Waals surface area contributed by atoms with Gasteiger partial charge in [0.05, 0.1) is 0 Å². The number of piperidine rings is 1. The number of fused-ring (bicyclic) bond motifs is 1. The van der Waals surface area contributed by atoms with Crippen molar-refractivity contribution >= 4 is 0 Å². The van der Waals surface area contributed by atoms with Crippen LogP contribution in [-0.4, -0.2) is 36.1 Å². The zero-order valence-corrected chi connectivity index (χ0v) is 12.0. The van der Waals surface area contributed by atoms with Crippen molar-refractivity contribution in [2.75, 3.05) is 19.6 Å². The Morgan fingerprint density at radius 3 is 2.53 bits per heavy atom. The summed E-state index contributed by atoms with van der Waals surface area (Å²) < 4.78 is 0. The van der Waals surface area contributed by atoms with Gasteiger partial charge in [-0.15, -0.1) is 0 Å². The van der Waals surface area contributed by atoms with E-state index in [4.69, 9.17) is 0 Å². The van der Waals surface area contributed by atoms with Gasteiger partial charge in [0, 0.05) is 24.7 Å². The van der Waals surface area contributed by atoms with E-state index < -0.39 is 0 Å². The minimum atomic E-state index is 0.266. The summed E-state index contributed by atoms with van der Waals surface area (Å²) in [5, 5.41) is 3.62. The van der Waals surface area contributed by atoms with E-state index in [0.717, 1.165) is 18.5 Å². The van der Waals surface area contributed by atoms with Gasteiger partial charge in [-0.1, -0.05) is 12.8 Å². The van der Waals surface area contributed by atoms with Gasteiger partial charge in [0.25, 0.3) is 0 Å². The van der Waals surface area contributed by atoms with Crippen molar-refractivity contribution in [3.8, 4) is 0 Å². The molecular weight excluding hydrogens is 208 g/mol. The second kappa shape index (κ2) is 5.71. The Morgan fingerprint density at radius 1 is 1.06 bits per heavy atom. The molecule has 2 fully saturated rings. The fraction of sp³-hybridized carbons (Fsp3) is 1.00. The van der Waals surface area contributed by atoms with Crippen molar-refractivity contribution < 1.29 is 0 Å². The second-order valence-electron chi connectivity index (χ2n) is 6.97. The van der Waals surface area contributed by atoms with Gasteiger partial charge in [0.1, 0.15) is 0 Å². The van der Waals surface area contributed by atoms with Crippen LogP contribution in [0.25, 0.3) is 0 Å². The fourth-order valence-electron chi connectivity index (χ4n) is 3.58. The van der Waals surface area contributed by atoms with E-state index in [-0.39, 0.29) is 5.54 Å². The van der Waals surface area contributed by atoms with Gasteiger partial charge in [-0.3, -0.25) is 4.90 Å². The van der Waals surface area contributed by atoms with Crippen molar-refractivity contribution in [2.45, 2.75) is 70.9 Å². The molecule has 2 unspecified atom stereocenters. The number of hydrogen-bond donors (Lipinski definition) is 1. The van der Waals surface area contributed by atoms with E-state index in [1.165, 1.54) is 51.6 Å². The lowest BCUT2D eigenvalue weighted by Gasteiger charge is -2.44. The summed E-state index contributed by atoms with van der Waals surface area (Å²) in [5.41, 5.74) is 0.266. The minimum absolute atomic E-state index is 0.266. The Labute approximate surface area is 107 Å². The normalized spacial score (nSPS) is 31.2. The highest BCUT2D eigenvalue weighted by Gasteiger charge is 2.32. The van der Waals surface area contributed by atoms with E-state index in [1.54, 1.807) is 0 Å². The van der Waals surface area contributed by atoms with Crippen LogP contribution in [-0.2, 0) is 0 Å². The number of nitrogens with zero attached hydrogens (tertiary/aromatic N) is 1. The molecule has 1 saturated heterocycles. The second-order valence-corrected chi connectivity index (χ2v) is 6.97. The highest BCUT2D eigenvalue weighted by Crippen LogP contribution is 2.34. The molecule has 2 atom stereocenters. The molecule has 0 spiro atoms. The van der Waals surface area contributed by atoms with E-state index in [9.17, 15) is 0 Å². The van der Waals surface area contributed by atoms with Crippen molar-refractivity contribution in [3.05, 3.63) is 0 Å². The predicted octanol–water partition coefficient (Wildman–Crippen LogP) is 3.03. The maximum Gasteiger partial charge on any atom is 0.0124 e. The van der Waals surface area contributed by atoms with Crippen LogP contribution < -0.4 is 5.32 Å². The van der Waals surface area contributed by atoms with Crippen LogP contribution in [0.2, 0.25) is 0 Å². The third kappa shape index (κ3) is 3.96. The van der Waals surface area contributed by atoms with Crippen LogP contribution in [0, 0.1) is 5.92 Å². The van der Waals surface area contributed by atoms with E-state index in [1.807, 2.05) is 0 Å². The topological polar surface area (TPSA) is 15.3 Å². The monoisotopic (exact) mass is 238 g/mol. The van der Waals surface area contributed by atoms with E-state index >= 15 is 0 Å². The zero-order valence-electron chi connectivity index (χ0n) is 12.0. The molecule has 2 heteroatoms. The molecule has 1 saturated carbocycles. The standard InChI is InChI=1S/C15H30N2/c1-15(2,3)16-10-12-17-11-6-8-13-7-4-5-9-14(13)17/h13-14,16H,4-12H2,1-3H3. The fourth-order valence-corrected chi connectivity index (χ4v) is 3.58. The maximum atomic E-state index is 3.62. The Kier molecular flexibility index (Phi) is 4.48. The minimum Gasteiger partial charge on any atom is -0.311 e. The molecule has 1 N–H and O–H groups in total. The van der Waals surface area contributed by atoms with Crippen LogP contribution >= 0.6 is 0 Å². The third-order valence-electron chi connectivity index (χ3n) is 4.41. The van der Waals surface area contributed by atoms with Crippen molar-refractivity contribution in [3.63, 3.8) is 0 Å². The predicted molar refractivity (Wildman–Crippen MR) is 74.3 cm³/mol. The molecule has 0 aromatic carbocycles. The van der Waals surface area contributed by atoms with Gasteiger partial charge in [-0.2, -0.15) is 0 Å². The summed E-state index contributed by atoms with van der Waals surface area (Å²) in [7, 11) is 0. The molecule has 2 aliphatic rings. The summed E-state index contributed by atoms with van der Waals surface area (Å²) in [4.78, 5) is 2.77. The highest BCUT2D eigenvalue weighted by molar-refractivity contribution is 4.87. The van der Waals surface area contributed by atoms with Crippen molar-refractivity contribution in [1.29, 1.82) is 0 Å². The lowest BCUT2D eigenvalue weighted by atomic mass is 9.78. The molecule has 1 aliphatic carbocycles. The lowest BCUT2D eigenvalue weighted by molar-refractivity contribution is 0.0605. The Bertz CT molecular complexity index is 230. The molecule has 2 rings (SSSR count). The van der Waals surface area contributed by atoms with E-state index in [2.05, 4.69) is 31.0 Å². The first-order valence-corrected chi connectivity index (χ1v) is 7.55. The maximum absolute atomic E-state index is 3.62. The molecule has 100 valence electrons. The molecule has 0 amide bonds. The molecule has 0 aromatic heterocycles. The van der Waals surface area contributed by atoms with Crippen LogP contribution in [0.5, 0.6) is 0 Å². The molecule has 0 aromatic rings. The van der Waals surface area contributed by atoms with Gasteiger partial charge >= 0.3 is 0 Å². The Balaban J connectivity index is 1.78. The Hall–Kier alpha value is -0.0800. The van der Waals surface area contributed by atoms with Gasteiger partial charge in [0.15, 0.2) is 0 Å². The molecule has 1 aliphatic heterocycles. The zero-order chi connectivity index (χ0) is 12.3. The van der Waals surface area contributed by atoms with Gasteiger partial charge in [-0.25, -0.2) is 0 Å². The van der Waals surface area contributed by atoms with Crippen molar-refractivity contribution in [2.24, 2.45) is 5.92 Å². The van der Waals surface area contributed by atoms with Gasteiger partial charge in [0.2, 0.25) is 0 Å². The SMILES string of the molecule is CC(C)(C)NCCN1CCCC2CCCCC21. The number of hydrogen-bond acceptors (Lipinski definition) is 2. The molecule has 0 radical (unpaired) electrons. The van der Waals surface area contributed by atoms with Crippen LogP contribution in [0.4, 0.5) is 0 Å². The Morgan fingerprint density at radius 2 is 1.76 bits per heavy atom. The number of nitrogens with one attached hydrogen (secondary N) is 1. The molecule has 2 nitrogen and oxygen atoms in total. The first-order chi connectivity index (χ1) is 8.06. The first-order valence-electron chi connectivity index (χ1n) is 7.55. The lowest BCUT2D eigenvalue weighted by Crippen LogP contribution is -2.50. The van der Waals surface area contributed by atoms with Crippen molar-refractivity contribution in [1.82, 2.24) is 10.2 Å².